The number of carbonyl (C=O) groups excluding carboxylic acids is 1. The minimum absolute atomic E-state index is 0.0990. The zero-order valence-corrected chi connectivity index (χ0v) is 9.17. The first kappa shape index (κ1) is 12.6. The van der Waals surface area contributed by atoms with Crippen molar-refractivity contribution in [3.63, 3.8) is 0 Å². The number of ether oxygens (including phenoxy) is 1. The second kappa shape index (κ2) is 4.17. The molecule has 1 aromatic carbocycles. The molecule has 0 radical (unpaired) electrons. The summed E-state index contributed by atoms with van der Waals surface area (Å²) in [4.78, 5) is 11.2. The average Bonchev–Trinajstić information content (AvgIpc) is 2.21. The largest absolute Gasteiger partial charge is 0.467 e. The lowest BCUT2D eigenvalue weighted by Crippen LogP contribution is -2.34. The highest BCUT2D eigenvalue weighted by Crippen LogP contribution is 2.26. The molecule has 0 amide bonds. The molecule has 0 bridgehead atoms. The third kappa shape index (κ3) is 2.04. The van der Waals surface area contributed by atoms with Crippen molar-refractivity contribution in [2.24, 2.45) is 0 Å². The molecule has 1 atom stereocenters. The maximum absolute atomic E-state index is 13.5. The monoisotopic (exact) mass is 230 g/mol. The number of aryl methyl sites for hydroxylation is 1. The molecule has 0 saturated heterocycles. The lowest BCUT2D eigenvalue weighted by atomic mass is 9.94. The molecule has 16 heavy (non-hydrogen) atoms. The van der Waals surface area contributed by atoms with Gasteiger partial charge in [-0.15, -0.1) is 0 Å². The molecular formula is C11H12F2O3. The van der Waals surface area contributed by atoms with E-state index in [0.717, 1.165) is 26.2 Å². The molecule has 0 aliphatic rings. The zero-order chi connectivity index (χ0) is 12.5. The van der Waals surface area contributed by atoms with Gasteiger partial charge in [0.05, 0.1) is 7.11 Å². The van der Waals surface area contributed by atoms with E-state index < -0.39 is 28.8 Å². The molecule has 1 aromatic rings. The fourth-order valence-corrected chi connectivity index (χ4v) is 1.33. The molecule has 0 aromatic heterocycles. The van der Waals surface area contributed by atoms with Gasteiger partial charge in [-0.1, -0.05) is 0 Å². The molecule has 1 N–H and O–H groups in total. The lowest BCUT2D eigenvalue weighted by Gasteiger charge is -2.21. The van der Waals surface area contributed by atoms with Crippen LogP contribution in [0.1, 0.15) is 18.1 Å². The van der Waals surface area contributed by atoms with Crippen molar-refractivity contribution >= 4 is 5.97 Å². The van der Waals surface area contributed by atoms with Gasteiger partial charge in [0.15, 0.2) is 5.60 Å². The molecule has 0 saturated carbocycles. The van der Waals surface area contributed by atoms with Gasteiger partial charge >= 0.3 is 5.97 Å². The van der Waals surface area contributed by atoms with Crippen LogP contribution in [0, 0.1) is 18.6 Å². The highest BCUT2D eigenvalue weighted by molar-refractivity contribution is 5.80. The number of methoxy groups -OCH3 is 1. The Kier molecular flexibility index (Phi) is 3.28. The summed E-state index contributed by atoms with van der Waals surface area (Å²) in [7, 11) is 1.05. The van der Waals surface area contributed by atoms with E-state index in [1.54, 1.807) is 0 Å². The average molecular weight is 230 g/mol. The van der Waals surface area contributed by atoms with E-state index >= 15 is 0 Å². The Morgan fingerprint density at radius 3 is 2.44 bits per heavy atom. The standard InChI is InChI=1S/C11H12F2O3/c1-6-4-9(13)7(5-8(6)12)11(2,15)10(14)16-3/h4-5,15H,1-3H3. The van der Waals surface area contributed by atoms with E-state index in [1.807, 2.05) is 0 Å². The summed E-state index contributed by atoms with van der Waals surface area (Å²) in [5.74, 6) is -2.59. The first-order chi connectivity index (χ1) is 7.30. The molecule has 3 nitrogen and oxygen atoms in total. The van der Waals surface area contributed by atoms with Crippen molar-refractivity contribution in [2.45, 2.75) is 19.4 Å². The van der Waals surface area contributed by atoms with Gasteiger partial charge in [-0.2, -0.15) is 0 Å². The number of hydrogen-bond donors (Lipinski definition) is 1. The van der Waals surface area contributed by atoms with Gasteiger partial charge < -0.3 is 9.84 Å². The quantitative estimate of drug-likeness (QED) is 0.786. The number of esters is 1. The Morgan fingerprint density at radius 2 is 1.94 bits per heavy atom. The van der Waals surface area contributed by atoms with Gasteiger partial charge in [0.25, 0.3) is 0 Å². The van der Waals surface area contributed by atoms with E-state index in [-0.39, 0.29) is 5.56 Å². The second-order valence-corrected chi connectivity index (χ2v) is 3.65. The minimum Gasteiger partial charge on any atom is -0.467 e. The molecule has 0 fully saturated rings. The summed E-state index contributed by atoms with van der Waals surface area (Å²) in [6.07, 6.45) is 0. The van der Waals surface area contributed by atoms with Crippen LogP contribution in [-0.4, -0.2) is 18.2 Å². The summed E-state index contributed by atoms with van der Waals surface area (Å²) in [5.41, 5.74) is -2.54. The van der Waals surface area contributed by atoms with Gasteiger partial charge in [-0.3, -0.25) is 0 Å². The van der Waals surface area contributed by atoms with Crippen LogP contribution in [0.3, 0.4) is 0 Å². The smallest absolute Gasteiger partial charge is 0.342 e. The van der Waals surface area contributed by atoms with Crippen LogP contribution in [0.5, 0.6) is 0 Å². The van der Waals surface area contributed by atoms with Crippen LogP contribution >= 0.6 is 0 Å². The molecule has 0 aliphatic heterocycles. The third-order valence-corrected chi connectivity index (χ3v) is 2.36. The van der Waals surface area contributed by atoms with Gasteiger partial charge in [0, 0.05) is 5.56 Å². The molecule has 5 heteroatoms. The second-order valence-electron chi connectivity index (χ2n) is 3.65. The molecule has 0 aliphatic carbocycles. The van der Waals surface area contributed by atoms with Crippen molar-refractivity contribution in [1.29, 1.82) is 0 Å². The molecular weight excluding hydrogens is 218 g/mol. The van der Waals surface area contributed by atoms with Gasteiger partial charge in [0.2, 0.25) is 0 Å². The van der Waals surface area contributed by atoms with Crippen molar-refractivity contribution in [2.75, 3.05) is 7.11 Å². The Labute approximate surface area is 91.7 Å². The SMILES string of the molecule is COC(=O)C(C)(O)c1cc(F)c(C)cc1F. The van der Waals surface area contributed by atoms with E-state index in [2.05, 4.69) is 4.74 Å². The molecule has 1 rings (SSSR count). The molecule has 0 heterocycles. The van der Waals surface area contributed by atoms with Gasteiger partial charge in [-0.05, 0) is 31.5 Å². The highest BCUT2D eigenvalue weighted by atomic mass is 19.1. The number of benzene rings is 1. The fraction of sp³-hybridized carbons (Fsp3) is 0.364. The number of aliphatic hydroxyl groups is 1. The fourth-order valence-electron chi connectivity index (χ4n) is 1.33. The Bertz CT molecular complexity index is 427. The number of halogens is 2. The Balaban J connectivity index is 3.33. The Morgan fingerprint density at radius 1 is 1.38 bits per heavy atom. The van der Waals surface area contributed by atoms with Crippen molar-refractivity contribution < 1.29 is 23.4 Å². The van der Waals surface area contributed by atoms with Crippen LogP contribution < -0.4 is 0 Å². The van der Waals surface area contributed by atoms with E-state index in [1.165, 1.54) is 6.92 Å². The third-order valence-electron chi connectivity index (χ3n) is 2.36. The lowest BCUT2D eigenvalue weighted by molar-refractivity contribution is -0.161. The predicted molar refractivity (Wildman–Crippen MR) is 52.7 cm³/mol. The first-order valence-corrected chi connectivity index (χ1v) is 4.57. The molecule has 88 valence electrons. The predicted octanol–water partition coefficient (Wildman–Crippen LogP) is 1.65. The van der Waals surface area contributed by atoms with Crippen molar-refractivity contribution in [3.05, 3.63) is 34.9 Å². The minimum atomic E-state index is -2.20. The molecule has 0 spiro atoms. The van der Waals surface area contributed by atoms with Crippen molar-refractivity contribution in [3.8, 4) is 0 Å². The van der Waals surface area contributed by atoms with Gasteiger partial charge in [0.1, 0.15) is 11.6 Å². The highest BCUT2D eigenvalue weighted by Gasteiger charge is 2.36. The first-order valence-electron chi connectivity index (χ1n) is 4.57. The maximum atomic E-state index is 13.5. The molecule has 1 unspecified atom stereocenters. The van der Waals surface area contributed by atoms with Crippen LogP contribution in [0.4, 0.5) is 8.78 Å². The number of rotatable bonds is 2. The van der Waals surface area contributed by atoms with Crippen LogP contribution in [0.25, 0.3) is 0 Å². The number of carbonyl (C=O) groups is 1. The van der Waals surface area contributed by atoms with Crippen LogP contribution in [0.2, 0.25) is 0 Å². The summed E-state index contributed by atoms with van der Waals surface area (Å²) in [5, 5.41) is 9.77. The summed E-state index contributed by atoms with van der Waals surface area (Å²) in [6, 6.07) is 1.71. The number of hydrogen-bond acceptors (Lipinski definition) is 3. The summed E-state index contributed by atoms with van der Waals surface area (Å²) >= 11 is 0. The van der Waals surface area contributed by atoms with E-state index in [9.17, 15) is 18.7 Å². The van der Waals surface area contributed by atoms with Crippen LogP contribution in [0.15, 0.2) is 12.1 Å². The summed E-state index contributed by atoms with van der Waals surface area (Å²) < 4.78 is 31.0. The van der Waals surface area contributed by atoms with Crippen molar-refractivity contribution in [1.82, 2.24) is 0 Å². The topological polar surface area (TPSA) is 46.5 Å². The summed E-state index contributed by atoms with van der Waals surface area (Å²) in [6.45, 7) is 2.43. The Hall–Kier alpha value is -1.49. The normalized spacial score (nSPS) is 14.4. The van der Waals surface area contributed by atoms with Gasteiger partial charge in [-0.25, -0.2) is 13.6 Å². The van der Waals surface area contributed by atoms with Crippen LogP contribution in [-0.2, 0) is 15.1 Å². The van der Waals surface area contributed by atoms with E-state index in [0.29, 0.717) is 0 Å². The zero-order valence-electron chi connectivity index (χ0n) is 9.17. The van der Waals surface area contributed by atoms with E-state index in [4.69, 9.17) is 0 Å². The maximum Gasteiger partial charge on any atom is 0.342 e.